The number of nitrogens with zero attached hydrogens (tertiary/aromatic N) is 2. The minimum absolute atomic E-state index is 0.205. The van der Waals surface area contributed by atoms with Gasteiger partial charge in [-0.1, -0.05) is 0 Å². The summed E-state index contributed by atoms with van der Waals surface area (Å²) in [7, 11) is 0. The number of carbonyl (C=O) groups excluding carboxylic acids is 1. The van der Waals surface area contributed by atoms with E-state index in [-0.39, 0.29) is 6.09 Å². The maximum atomic E-state index is 12.2. The minimum atomic E-state index is -0.444. The van der Waals surface area contributed by atoms with Gasteiger partial charge in [-0.2, -0.15) is 0 Å². The van der Waals surface area contributed by atoms with Crippen LogP contribution < -0.4 is 10.6 Å². The summed E-state index contributed by atoms with van der Waals surface area (Å²) in [6.45, 7) is 15.1. The smallest absolute Gasteiger partial charge is 0.410 e. The zero-order chi connectivity index (χ0) is 22.5. The number of rotatable bonds is 9. The van der Waals surface area contributed by atoms with E-state index in [0.717, 1.165) is 97.2 Å². The Morgan fingerprint density at radius 3 is 2.45 bits per heavy atom. The molecule has 0 saturated carbocycles. The van der Waals surface area contributed by atoms with Crippen molar-refractivity contribution in [1.29, 1.82) is 0 Å². The van der Waals surface area contributed by atoms with Gasteiger partial charge in [0.15, 0.2) is 5.96 Å². The third-order valence-corrected chi connectivity index (χ3v) is 5.57. The summed E-state index contributed by atoms with van der Waals surface area (Å²) in [6.07, 6.45) is 4.91. The molecule has 2 saturated heterocycles. The van der Waals surface area contributed by atoms with Crippen LogP contribution in [0.2, 0.25) is 0 Å². The fourth-order valence-corrected chi connectivity index (χ4v) is 3.73. The third kappa shape index (κ3) is 11.1. The summed E-state index contributed by atoms with van der Waals surface area (Å²) in [4.78, 5) is 18.8. The second-order valence-corrected chi connectivity index (χ2v) is 9.54. The summed E-state index contributed by atoms with van der Waals surface area (Å²) in [5.74, 6) is 2.01. The molecule has 0 radical (unpaired) electrons. The predicted molar refractivity (Wildman–Crippen MR) is 123 cm³/mol. The second-order valence-electron chi connectivity index (χ2n) is 9.54. The number of aliphatic imine (C=N–C) groups is 1. The maximum absolute atomic E-state index is 12.2. The van der Waals surface area contributed by atoms with Crippen molar-refractivity contribution in [3.8, 4) is 0 Å². The zero-order valence-corrected chi connectivity index (χ0v) is 20.1. The van der Waals surface area contributed by atoms with Gasteiger partial charge >= 0.3 is 6.09 Å². The van der Waals surface area contributed by atoms with Crippen LogP contribution >= 0.6 is 0 Å². The van der Waals surface area contributed by atoms with E-state index in [1.54, 1.807) is 0 Å². The number of nitrogens with one attached hydrogen (secondary N) is 2. The molecule has 2 aliphatic heterocycles. The summed E-state index contributed by atoms with van der Waals surface area (Å²) in [5.41, 5.74) is -0.444. The first kappa shape index (κ1) is 25.7. The van der Waals surface area contributed by atoms with Gasteiger partial charge in [0, 0.05) is 59.2 Å². The predicted octanol–water partition coefficient (Wildman–Crippen LogP) is 3.02. The molecular weight excluding hydrogens is 396 g/mol. The number of ether oxygens (including phenoxy) is 3. The molecule has 0 bridgehead atoms. The van der Waals surface area contributed by atoms with E-state index in [0.29, 0.717) is 11.8 Å². The van der Waals surface area contributed by atoms with Crippen molar-refractivity contribution in [2.24, 2.45) is 16.8 Å². The van der Waals surface area contributed by atoms with Gasteiger partial charge in [-0.3, -0.25) is 4.99 Å². The van der Waals surface area contributed by atoms with E-state index in [1.165, 1.54) is 0 Å². The van der Waals surface area contributed by atoms with Gasteiger partial charge < -0.3 is 29.7 Å². The molecule has 0 spiro atoms. The topological polar surface area (TPSA) is 84.4 Å². The highest BCUT2D eigenvalue weighted by atomic mass is 16.6. The number of guanidine groups is 1. The highest BCUT2D eigenvalue weighted by Gasteiger charge is 2.26. The SMILES string of the molecule is CCNC(=NCC1CCN(C(=O)OC(C)(C)C)CC1)NCCCOCC1CCOCC1. The van der Waals surface area contributed by atoms with Gasteiger partial charge in [-0.05, 0) is 71.6 Å². The molecule has 31 heavy (non-hydrogen) atoms. The Labute approximate surface area is 188 Å². The van der Waals surface area contributed by atoms with Crippen molar-refractivity contribution in [2.75, 3.05) is 59.2 Å². The van der Waals surface area contributed by atoms with Crippen molar-refractivity contribution >= 4 is 12.1 Å². The highest BCUT2D eigenvalue weighted by Crippen LogP contribution is 2.20. The van der Waals surface area contributed by atoms with E-state index in [4.69, 9.17) is 19.2 Å². The van der Waals surface area contributed by atoms with Crippen LogP contribution in [0, 0.1) is 11.8 Å². The molecular formula is C23H44N4O4. The average Bonchev–Trinajstić information content (AvgIpc) is 2.74. The number of hydrogen-bond donors (Lipinski definition) is 2. The highest BCUT2D eigenvalue weighted by molar-refractivity contribution is 5.79. The molecule has 2 fully saturated rings. The lowest BCUT2D eigenvalue weighted by Crippen LogP contribution is -2.42. The molecule has 0 atom stereocenters. The first-order valence-electron chi connectivity index (χ1n) is 12.0. The molecule has 2 heterocycles. The second kappa shape index (κ2) is 13.8. The van der Waals surface area contributed by atoms with E-state index >= 15 is 0 Å². The normalized spacial score (nSPS) is 19.4. The molecule has 0 aromatic carbocycles. The monoisotopic (exact) mass is 440 g/mol. The molecule has 8 heteroatoms. The van der Waals surface area contributed by atoms with E-state index in [1.807, 2.05) is 25.7 Å². The van der Waals surface area contributed by atoms with Gasteiger partial charge in [-0.15, -0.1) is 0 Å². The number of hydrogen-bond acceptors (Lipinski definition) is 5. The van der Waals surface area contributed by atoms with Crippen molar-refractivity contribution in [2.45, 2.75) is 65.4 Å². The number of piperidine rings is 1. The van der Waals surface area contributed by atoms with E-state index < -0.39 is 5.60 Å². The largest absolute Gasteiger partial charge is 0.444 e. The average molecular weight is 441 g/mol. The Hall–Kier alpha value is -1.54. The van der Waals surface area contributed by atoms with Gasteiger partial charge in [0.05, 0.1) is 0 Å². The zero-order valence-electron chi connectivity index (χ0n) is 20.1. The maximum Gasteiger partial charge on any atom is 0.410 e. The number of amides is 1. The summed E-state index contributed by atoms with van der Waals surface area (Å²) < 4.78 is 16.7. The van der Waals surface area contributed by atoms with Crippen molar-refractivity contribution < 1.29 is 19.0 Å². The molecule has 0 aromatic heterocycles. The standard InChI is InChI=1S/C23H44N4O4/c1-5-24-21(25-11-6-14-30-18-20-9-15-29-16-10-20)26-17-19-7-12-27(13-8-19)22(28)31-23(2,3)4/h19-20H,5-18H2,1-4H3,(H2,24,25,26). The molecule has 0 unspecified atom stereocenters. The van der Waals surface area contributed by atoms with Crippen LogP contribution in [-0.2, 0) is 14.2 Å². The summed E-state index contributed by atoms with van der Waals surface area (Å²) in [6, 6.07) is 0. The summed E-state index contributed by atoms with van der Waals surface area (Å²) in [5, 5.41) is 6.72. The lowest BCUT2D eigenvalue weighted by Gasteiger charge is -2.33. The van der Waals surface area contributed by atoms with Crippen molar-refractivity contribution in [1.82, 2.24) is 15.5 Å². The van der Waals surface area contributed by atoms with E-state index in [9.17, 15) is 4.79 Å². The minimum Gasteiger partial charge on any atom is -0.444 e. The van der Waals surface area contributed by atoms with Crippen LogP contribution in [0.5, 0.6) is 0 Å². The summed E-state index contributed by atoms with van der Waals surface area (Å²) >= 11 is 0. The Bertz CT molecular complexity index is 536. The van der Waals surface area contributed by atoms with Crippen molar-refractivity contribution in [3.05, 3.63) is 0 Å². The molecule has 0 aromatic rings. The van der Waals surface area contributed by atoms with Crippen LogP contribution in [0.25, 0.3) is 0 Å². The lowest BCUT2D eigenvalue weighted by atomic mass is 9.97. The molecule has 2 rings (SSSR count). The van der Waals surface area contributed by atoms with Crippen LogP contribution in [0.1, 0.15) is 59.8 Å². The lowest BCUT2D eigenvalue weighted by molar-refractivity contribution is 0.0187. The Morgan fingerprint density at radius 1 is 1.10 bits per heavy atom. The van der Waals surface area contributed by atoms with Crippen LogP contribution in [0.3, 0.4) is 0 Å². The fourth-order valence-electron chi connectivity index (χ4n) is 3.73. The van der Waals surface area contributed by atoms with Crippen LogP contribution in [-0.4, -0.2) is 81.7 Å². The third-order valence-electron chi connectivity index (χ3n) is 5.57. The molecule has 2 N–H and O–H groups in total. The first-order valence-corrected chi connectivity index (χ1v) is 12.0. The van der Waals surface area contributed by atoms with E-state index in [2.05, 4.69) is 17.6 Å². The Kier molecular flexibility index (Phi) is 11.4. The number of likely N-dealkylation sites (tertiary alicyclic amines) is 1. The van der Waals surface area contributed by atoms with Gasteiger partial charge in [0.25, 0.3) is 0 Å². The molecule has 180 valence electrons. The molecule has 1 amide bonds. The van der Waals surface area contributed by atoms with Crippen molar-refractivity contribution in [3.63, 3.8) is 0 Å². The van der Waals surface area contributed by atoms with Crippen LogP contribution in [0.15, 0.2) is 4.99 Å². The van der Waals surface area contributed by atoms with Gasteiger partial charge in [0.1, 0.15) is 5.60 Å². The fraction of sp³-hybridized carbons (Fsp3) is 0.913. The molecule has 8 nitrogen and oxygen atoms in total. The Balaban J connectivity index is 1.60. The first-order chi connectivity index (χ1) is 14.9. The van der Waals surface area contributed by atoms with Crippen LogP contribution in [0.4, 0.5) is 4.79 Å². The molecule has 2 aliphatic rings. The Morgan fingerprint density at radius 2 is 1.81 bits per heavy atom. The van der Waals surface area contributed by atoms with Gasteiger partial charge in [0.2, 0.25) is 0 Å². The molecule has 0 aliphatic carbocycles. The quantitative estimate of drug-likeness (QED) is 0.326. The van der Waals surface area contributed by atoms with Gasteiger partial charge in [-0.25, -0.2) is 4.79 Å². The number of carbonyl (C=O) groups is 1.